The van der Waals surface area contributed by atoms with Gasteiger partial charge in [-0.2, -0.15) is 13.2 Å². The van der Waals surface area contributed by atoms with E-state index in [0.29, 0.717) is 0 Å². The van der Waals surface area contributed by atoms with Crippen LogP contribution < -0.4 is 11.1 Å². The molecule has 0 unspecified atom stereocenters. The van der Waals surface area contributed by atoms with Crippen LogP contribution >= 0.6 is 15.9 Å². The standard InChI is InChI=1S/C12H8BrF3N4O/c13-7-1-6(12(14,15)16)2-8(3-7)19-11(21)9-4-18-5-10(17)20-9/h1-5H,(H2,17,20)(H,19,21). The molecule has 0 saturated carbocycles. The van der Waals surface area contributed by atoms with Crippen LogP contribution in [0.1, 0.15) is 16.1 Å². The Balaban J connectivity index is 2.27. The van der Waals surface area contributed by atoms with Gasteiger partial charge in [-0.15, -0.1) is 0 Å². The Hall–Kier alpha value is -2.16. The topological polar surface area (TPSA) is 80.9 Å². The van der Waals surface area contributed by atoms with Crippen molar-refractivity contribution in [2.24, 2.45) is 0 Å². The second-order valence-corrected chi connectivity index (χ2v) is 4.93. The molecule has 0 radical (unpaired) electrons. The normalized spacial score (nSPS) is 11.2. The lowest BCUT2D eigenvalue weighted by atomic mass is 10.2. The van der Waals surface area contributed by atoms with E-state index in [-0.39, 0.29) is 21.7 Å². The number of hydrogen-bond donors (Lipinski definition) is 2. The summed E-state index contributed by atoms with van der Waals surface area (Å²) in [5, 5.41) is 2.31. The molecule has 21 heavy (non-hydrogen) atoms. The molecular weight excluding hydrogens is 353 g/mol. The maximum atomic E-state index is 12.7. The number of nitrogens with zero attached hydrogens (tertiary/aromatic N) is 2. The van der Waals surface area contributed by atoms with Gasteiger partial charge in [-0.25, -0.2) is 4.98 Å². The minimum absolute atomic E-state index is 0.0223. The van der Waals surface area contributed by atoms with Gasteiger partial charge in [0.1, 0.15) is 11.5 Å². The van der Waals surface area contributed by atoms with E-state index in [1.165, 1.54) is 12.3 Å². The second-order valence-electron chi connectivity index (χ2n) is 4.01. The maximum Gasteiger partial charge on any atom is 0.416 e. The van der Waals surface area contributed by atoms with Crippen LogP contribution in [0.3, 0.4) is 0 Å². The molecule has 0 aliphatic rings. The van der Waals surface area contributed by atoms with Gasteiger partial charge in [0.05, 0.1) is 18.0 Å². The monoisotopic (exact) mass is 360 g/mol. The van der Waals surface area contributed by atoms with Crippen LogP contribution in [-0.2, 0) is 6.18 Å². The number of carbonyl (C=O) groups is 1. The van der Waals surface area contributed by atoms with Crippen molar-refractivity contribution in [2.45, 2.75) is 6.18 Å². The Morgan fingerprint density at radius 3 is 2.57 bits per heavy atom. The average Bonchev–Trinajstić information content (AvgIpc) is 2.37. The van der Waals surface area contributed by atoms with Crippen molar-refractivity contribution in [2.75, 3.05) is 11.1 Å². The highest BCUT2D eigenvalue weighted by Gasteiger charge is 2.31. The summed E-state index contributed by atoms with van der Waals surface area (Å²) >= 11 is 2.96. The van der Waals surface area contributed by atoms with Crippen molar-refractivity contribution in [3.05, 3.63) is 46.3 Å². The highest BCUT2D eigenvalue weighted by atomic mass is 79.9. The molecule has 2 rings (SSSR count). The quantitative estimate of drug-likeness (QED) is 0.862. The van der Waals surface area contributed by atoms with E-state index < -0.39 is 17.6 Å². The number of hydrogen-bond acceptors (Lipinski definition) is 4. The first-order valence-electron chi connectivity index (χ1n) is 5.52. The fourth-order valence-corrected chi connectivity index (χ4v) is 2.00. The van der Waals surface area contributed by atoms with Gasteiger partial charge in [-0.1, -0.05) is 15.9 Å². The molecule has 0 spiro atoms. The summed E-state index contributed by atoms with van der Waals surface area (Å²) < 4.78 is 38.3. The van der Waals surface area contributed by atoms with Gasteiger partial charge in [-0.3, -0.25) is 9.78 Å². The Morgan fingerprint density at radius 1 is 1.24 bits per heavy atom. The summed E-state index contributed by atoms with van der Waals surface area (Å²) in [6.07, 6.45) is -2.10. The van der Waals surface area contributed by atoms with Gasteiger partial charge >= 0.3 is 6.18 Å². The van der Waals surface area contributed by atoms with E-state index in [9.17, 15) is 18.0 Å². The maximum absolute atomic E-state index is 12.7. The Morgan fingerprint density at radius 2 is 1.95 bits per heavy atom. The number of rotatable bonds is 2. The molecule has 0 fully saturated rings. The number of nitrogens with two attached hydrogens (primary N) is 1. The number of aromatic nitrogens is 2. The molecule has 1 aromatic heterocycles. The first-order valence-corrected chi connectivity index (χ1v) is 6.31. The average molecular weight is 361 g/mol. The van der Waals surface area contributed by atoms with Crippen molar-refractivity contribution in [1.29, 1.82) is 0 Å². The van der Waals surface area contributed by atoms with Crippen molar-refractivity contribution in [1.82, 2.24) is 9.97 Å². The van der Waals surface area contributed by atoms with Gasteiger partial charge in [-0.05, 0) is 18.2 Å². The van der Waals surface area contributed by atoms with Gasteiger partial charge in [0.15, 0.2) is 0 Å². The zero-order chi connectivity index (χ0) is 15.6. The molecule has 110 valence electrons. The third-order valence-corrected chi connectivity index (χ3v) is 2.83. The van der Waals surface area contributed by atoms with Crippen LogP contribution in [0, 0.1) is 0 Å². The molecule has 3 N–H and O–H groups in total. The molecule has 2 aromatic rings. The predicted octanol–water partition coefficient (Wildman–Crippen LogP) is 3.09. The zero-order valence-corrected chi connectivity index (χ0v) is 11.9. The fraction of sp³-hybridized carbons (Fsp3) is 0.0833. The van der Waals surface area contributed by atoms with Crippen LogP contribution in [0.2, 0.25) is 0 Å². The Bertz CT molecular complexity index is 690. The third kappa shape index (κ3) is 3.91. The summed E-state index contributed by atoms with van der Waals surface area (Å²) in [7, 11) is 0. The third-order valence-electron chi connectivity index (χ3n) is 2.37. The second kappa shape index (κ2) is 5.68. The lowest BCUT2D eigenvalue weighted by Gasteiger charge is -2.11. The Kier molecular flexibility index (Phi) is 4.12. The van der Waals surface area contributed by atoms with Crippen LogP contribution in [0.4, 0.5) is 24.7 Å². The smallest absolute Gasteiger partial charge is 0.382 e. The van der Waals surface area contributed by atoms with Crippen molar-refractivity contribution >= 4 is 33.3 Å². The van der Waals surface area contributed by atoms with E-state index in [4.69, 9.17) is 5.73 Å². The lowest BCUT2D eigenvalue weighted by Crippen LogP contribution is -2.15. The number of alkyl halides is 3. The minimum atomic E-state index is -4.51. The van der Waals surface area contributed by atoms with Crippen LogP contribution in [0.5, 0.6) is 0 Å². The first kappa shape index (κ1) is 15.2. The molecule has 1 aromatic carbocycles. The number of amides is 1. The summed E-state index contributed by atoms with van der Waals surface area (Å²) in [6.45, 7) is 0. The fourth-order valence-electron chi connectivity index (χ4n) is 1.51. The molecule has 9 heteroatoms. The van der Waals surface area contributed by atoms with Gasteiger partial charge in [0.2, 0.25) is 0 Å². The molecule has 0 bridgehead atoms. The zero-order valence-electron chi connectivity index (χ0n) is 10.3. The van der Waals surface area contributed by atoms with E-state index in [2.05, 4.69) is 31.2 Å². The van der Waals surface area contributed by atoms with E-state index in [1.807, 2.05) is 0 Å². The largest absolute Gasteiger partial charge is 0.416 e. The molecule has 0 atom stereocenters. The molecule has 5 nitrogen and oxygen atoms in total. The van der Waals surface area contributed by atoms with Crippen molar-refractivity contribution in [3.8, 4) is 0 Å². The number of carbonyl (C=O) groups excluding carboxylic acids is 1. The number of anilines is 2. The molecule has 0 aliphatic carbocycles. The number of benzene rings is 1. The molecule has 1 heterocycles. The molecule has 0 saturated heterocycles. The predicted molar refractivity (Wildman–Crippen MR) is 73.5 cm³/mol. The number of nitrogen functional groups attached to an aromatic ring is 1. The van der Waals surface area contributed by atoms with E-state index in [1.54, 1.807) is 0 Å². The first-order chi connectivity index (χ1) is 9.75. The minimum Gasteiger partial charge on any atom is -0.382 e. The highest BCUT2D eigenvalue weighted by molar-refractivity contribution is 9.10. The SMILES string of the molecule is Nc1cncc(C(=O)Nc2cc(Br)cc(C(F)(F)F)c2)n1. The molecule has 0 aliphatic heterocycles. The summed E-state index contributed by atoms with van der Waals surface area (Å²) in [4.78, 5) is 19.3. The summed E-state index contributed by atoms with van der Waals surface area (Å²) in [6, 6.07) is 3.07. The van der Waals surface area contributed by atoms with Crippen LogP contribution in [-0.4, -0.2) is 15.9 Å². The van der Waals surface area contributed by atoms with E-state index >= 15 is 0 Å². The van der Waals surface area contributed by atoms with Crippen LogP contribution in [0.15, 0.2) is 35.1 Å². The molecule has 1 amide bonds. The lowest BCUT2D eigenvalue weighted by molar-refractivity contribution is -0.137. The van der Waals surface area contributed by atoms with Crippen LogP contribution in [0.25, 0.3) is 0 Å². The van der Waals surface area contributed by atoms with Gasteiger partial charge < -0.3 is 11.1 Å². The number of nitrogens with one attached hydrogen (secondary N) is 1. The summed E-state index contributed by atoms with van der Waals surface area (Å²) in [5.74, 6) is -0.672. The van der Waals surface area contributed by atoms with E-state index in [0.717, 1.165) is 18.3 Å². The van der Waals surface area contributed by atoms with Gasteiger partial charge in [0.25, 0.3) is 5.91 Å². The number of halogens is 4. The Labute approximate surface area is 125 Å². The highest BCUT2D eigenvalue weighted by Crippen LogP contribution is 2.33. The van der Waals surface area contributed by atoms with Crippen molar-refractivity contribution < 1.29 is 18.0 Å². The molecular formula is C12H8BrF3N4O. The summed E-state index contributed by atoms with van der Waals surface area (Å²) in [5.41, 5.74) is 4.39. The van der Waals surface area contributed by atoms with Gasteiger partial charge in [0, 0.05) is 10.2 Å². The van der Waals surface area contributed by atoms with Crippen molar-refractivity contribution in [3.63, 3.8) is 0 Å².